The second-order valence-electron chi connectivity index (χ2n) is 4.87. The molecule has 3 N–H and O–H groups in total. The van der Waals surface area contributed by atoms with Crippen LogP contribution in [-0.2, 0) is 44.3 Å². The number of amides is 2. The molecule has 0 atom stereocenters. The van der Waals surface area contributed by atoms with E-state index in [4.69, 9.17) is 14.2 Å². The summed E-state index contributed by atoms with van der Waals surface area (Å²) in [6.07, 6.45) is -2.17. The lowest BCUT2D eigenvalue weighted by molar-refractivity contribution is -0.197. The summed E-state index contributed by atoms with van der Waals surface area (Å²) >= 11 is 0. The summed E-state index contributed by atoms with van der Waals surface area (Å²) < 4.78 is 59.6. The zero-order valence-corrected chi connectivity index (χ0v) is 16.4. The Morgan fingerprint density at radius 1 is 1.04 bits per heavy atom. The fraction of sp³-hybridized carbons (Fsp3) is 0.600. The smallest absolute Gasteiger partial charge is 0.334 e. The van der Waals surface area contributed by atoms with Crippen LogP contribution in [0.1, 0.15) is 19.3 Å². The monoisotopic (exact) mass is 467 g/mol. The molecule has 0 aliphatic carbocycles. The van der Waals surface area contributed by atoms with Gasteiger partial charge in [-0.3, -0.25) is 23.5 Å². The van der Waals surface area contributed by atoms with Crippen molar-refractivity contribution in [3.63, 3.8) is 0 Å². The first-order valence-corrected chi connectivity index (χ1v) is 12.1. The van der Waals surface area contributed by atoms with Gasteiger partial charge in [-0.05, 0) is 0 Å². The van der Waals surface area contributed by atoms with Crippen LogP contribution in [0, 0.1) is 0 Å². The van der Waals surface area contributed by atoms with E-state index in [9.17, 15) is 36.0 Å². The van der Waals surface area contributed by atoms with Gasteiger partial charge in [0.25, 0.3) is 26.1 Å². The summed E-state index contributed by atoms with van der Waals surface area (Å²) in [6.45, 7) is 0. The lowest BCUT2D eigenvalue weighted by Gasteiger charge is -2.19. The van der Waals surface area contributed by atoms with Crippen LogP contribution in [0.3, 0.4) is 0 Å². The Morgan fingerprint density at radius 2 is 1.52 bits per heavy atom. The zero-order chi connectivity index (χ0) is 21.0. The van der Waals surface area contributed by atoms with Crippen LogP contribution in [-0.4, -0.2) is 75.4 Å². The van der Waals surface area contributed by atoms with Crippen LogP contribution in [0.15, 0.2) is 0 Å². The van der Waals surface area contributed by atoms with E-state index in [0.717, 1.165) is 21.6 Å². The molecule has 1 fully saturated rings. The second-order valence-corrected chi connectivity index (χ2v) is 11.1. The maximum atomic E-state index is 12.0. The third kappa shape index (κ3) is 5.32. The predicted octanol–water partition coefficient (Wildman–Crippen LogP) is -1.08. The molecule has 1 saturated heterocycles. The first-order chi connectivity index (χ1) is 12.2. The normalized spacial score (nSPS) is 17.2. The fourth-order valence-corrected chi connectivity index (χ4v) is 6.00. The SMILES string of the molecule is O=C(O)CCSSCCC(=O)ON1C(=O)CC(S(=O)(=O)O)(S(=O)(=O)O)C1=O. The molecule has 1 aliphatic heterocycles. The summed E-state index contributed by atoms with van der Waals surface area (Å²) in [5.74, 6) is -5.61. The van der Waals surface area contributed by atoms with Crippen molar-refractivity contribution in [2.45, 2.75) is 23.3 Å². The van der Waals surface area contributed by atoms with Gasteiger partial charge in [-0.1, -0.05) is 26.7 Å². The molecule has 0 aromatic heterocycles. The number of hydrogen-bond donors (Lipinski definition) is 3. The molecule has 0 spiro atoms. The number of carbonyl (C=O) groups is 4. The number of carboxylic acid groups (broad SMARTS) is 1. The van der Waals surface area contributed by atoms with Crippen molar-refractivity contribution in [3.8, 4) is 0 Å². The van der Waals surface area contributed by atoms with Crippen molar-refractivity contribution < 1.29 is 55.1 Å². The van der Waals surface area contributed by atoms with Crippen molar-refractivity contribution in [1.29, 1.82) is 0 Å². The van der Waals surface area contributed by atoms with Crippen LogP contribution in [0.4, 0.5) is 0 Å². The van der Waals surface area contributed by atoms with Gasteiger partial charge in [0.2, 0.25) is 0 Å². The van der Waals surface area contributed by atoms with E-state index in [1.54, 1.807) is 0 Å². The minimum absolute atomic E-state index is 0.0705. The summed E-state index contributed by atoms with van der Waals surface area (Å²) in [7, 11) is -9.39. The number of rotatable bonds is 10. The molecule has 13 nitrogen and oxygen atoms in total. The first kappa shape index (κ1) is 23.6. The van der Waals surface area contributed by atoms with E-state index in [1.165, 1.54) is 0 Å². The van der Waals surface area contributed by atoms with Crippen molar-refractivity contribution >= 4 is 65.6 Å². The molecular formula is C10H13NO12S4. The largest absolute Gasteiger partial charge is 0.481 e. The van der Waals surface area contributed by atoms with Gasteiger partial charge in [-0.15, -0.1) is 0 Å². The van der Waals surface area contributed by atoms with Crippen LogP contribution in [0.25, 0.3) is 0 Å². The average molecular weight is 467 g/mol. The summed E-state index contributed by atoms with van der Waals surface area (Å²) in [6, 6.07) is 0. The van der Waals surface area contributed by atoms with Crippen molar-refractivity contribution in [2.75, 3.05) is 11.5 Å². The molecule has 1 aliphatic rings. The maximum Gasteiger partial charge on any atom is 0.334 e. The number of nitrogens with zero attached hydrogens (tertiary/aromatic N) is 1. The molecule has 154 valence electrons. The Balaban J connectivity index is 2.74. The Hall–Kier alpha value is -1.40. The average Bonchev–Trinajstić information content (AvgIpc) is 2.75. The highest BCUT2D eigenvalue weighted by Gasteiger charge is 2.70. The van der Waals surface area contributed by atoms with Gasteiger partial charge in [0.15, 0.2) is 0 Å². The van der Waals surface area contributed by atoms with Gasteiger partial charge < -0.3 is 9.94 Å². The van der Waals surface area contributed by atoms with Crippen molar-refractivity contribution in [1.82, 2.24) is 5.06 Å². The van der Waals surface area contributed by atoms with E-state index >= 15 is 0 Å². The first-order valence-electron chi connectivity index (χ1n) is 6.72. The van der Waals surface area contributed by atoms with E-state index in [-0.39, 0.29) is 17.9 Å². The van der Waals surface area contributed by atoms with Gasteiger partial charge in [0, 0.05) is 11.5 Å². The van der Waals surface area contributed by atoms with E-state index in [2.05, 4.69) is 4.84 Å². The molecule has 0 radical (unpaired) electrons. The lowest BCUT2D eigenvalue weighted by Crippen LogP contribution is -2.52. The van der Waals surface area contributed by atoms with E-state index in [1.807, 2.05) is 0 Å². The van der Waals surface area contributed by atoms with Gasteiger partial charge in [-0.2, -0.15) is 16.8 Å². The summed E-state index contributed by atoms with van der Waals surface area (Å²) in [5, 5.41) is 8.00. The molecule has 17 heteroatoms. The van der Waals surface area contributed by atoms with Crippen molar-refractivity contribution in [3.05, 3.63) is 0 Å². The highest BCUT2D eigenvalue weighted by atomic mass is 33.1. The zero-order valence-electron chi connectivity index (χ0n) is 13.1. The van der Waals surface area contributed by atoms with Crippen LogP contribution in [0.5, 0.6) is 0 Å². The highest BCUT2D eigenvalue weighted by Crippen LogP contribution is 2.36. The topological polar surface area (TPSA) is 210 Å². The number of aliphatic carboxylic acids is 1. The molecule has 0 bridgehead atoms. The third-order valence-corrected chi connectivity index (χ3v) is 9.00. The van der Waals surface area contributed by atoms with Gasteiger partial charge in [-0.25, -0.2) is 4.79 Å². The Bertz CT molecular complexity index is 815. The lowest BCUT2D eigenvalue weighted by atomic mass is 10.3. The fourth-order valence-electron chi connectivity index (χ4n) is 1.76. The summed E-state index contributed by atoms with van der Waals surface area (Å²) in [4.78, 5) is 50.0. The molecule has 0 aromatic carbocycles. The third-order valence-electron chi connectivity index (χ3n) is 3.02. The maximum absolute atomic E-state index is 12.0. The number of carboxylic acids is 1. The van der Waals surface area contributed by atoms with E-state index < -0.39 is 66.0 Å². The number of hydroxylamine groups is 2. The minimum Gasteiger partial charge on any atom is -0.481 e. The number of imide groups is 1. The molecule has 1 heterocycles. The standard InChI is InChI=1S/C10H13NO12S4/c12-6-5-10(26(17,18)19,27(20,21)22)9(16)11(6)23-8(15)2-4-25-24-3-1-7(13)14/h1-5H2,(H,13,14)(H,17,18,19)(H,20,21,22). The molecule has 0 unspecified atom stereocenters. The van der Waals surface area contributed by atoms with Gasteiger partial charge >= 0.3 is 21.9 Å². The second kappa shape index (κ2) is 8.74. The quantitative estimate of drug-likeness (QED) is 0.151. The minimum atomic E-state index is -5.80. The number of hydrogen-bond acceptors (Lipinski definition) is 11. The molecule has 1 rings (SSSR count). The molecule has 2 amide bonds. The van der Waals surface area contributed by atoms with E-state index in [0.29, 0.717) is 0 Å². The predicted molar refractivity (Wildman–Crippen MR) is 90.2 cm³/mol. The molecular weight excluding hydrogens is 454 g/mol. The van der Waals surface area contributed by atoms with Crippen LogP contribution in [0.2, 0.25) is 0 Å². The van der Waals surface area contributed by atoms with Gasteiger partial charge in [0.05, 0.1) is 19.3 Å². The molecule has 0 saturated carbocycles. The highest BCUT2D eigenvalue weighted by molar-refractivity contribution is 8.76. The Kier molecular flexibility index (Phi) is 7.65. The molecule has 27 heavy (non-hydrogen) atoms. The summed E-state index contributed by atoms with van der Waals surface area (Å²) in [5.41, 5.74) is 0. The van der Waals surface area contributed by atoms with Crippen LogP contribution < -0.4 is 0 Å². The van der Waals surface area contributed by atoms with Gasteiger partial charge in [0.1, 0.15) is 0 Å². The Labute approximate surface area is 160 Å². The Morgan fingerprint density at radius 3 is 1.93 bits per heavy atom. The molecule has 0 aromatic rings. The number of carbonyl (C=O) groups excluding carboxylic acids is 3. The van der Waals surface area contributed by atoms with Crippen molar-refractivity contribution in [2.24, 2.45) is 0 Å². The van der Waals surface area contributed by atoms with Crippen LogP contribution >= 0.6 is 21.6 Å².